The quantitative estimate of drug-likeness (QED) is 0.798. The Hall–Kier alpha value is -1.43. The van der Waals surface area contributed by atoms with Crippen LogP contribution in [0.2, 0.25) is 0 Å². The lowest BCUT2D eigenvalue weighted by Crippen LogP contribution is -2.10. The van der Waals surface area contributed by atoms with Crippen molar-refractivity contribution in [3.05, 3.63) is 10.6 Å². The summed E-state index contributed by atoms with van der Waals surface area (Å²) in [5, 5.41) is 11.9. The second-order valence-corrected chi connectivity index (χ2v) is 5.16. The van der Waals surface area contributed by atoms with Crippen LogP contribution in [0.1, 0.15) is 43.2 Å². The number of amides is 1. The average molecular weight is 270 g/mol. The molecule has 100 valence electrons. The number of nitrogens with one attached hydrogen (secondary N) is 1. The van der Waals surface area contributed by atoms with Gasteiger partial charge in [0.15, 0.2) is 5.13 Å². The molecule has 6 heteroatoms. The third-order valence-electron chi connectivity index (χ3n) is 2.46. The Morgan fingerprint density at radius 1 is 1.39 bits per heavy atom. The summed E-state index contributed by atoms with van der Waals surface area (Å²) >= 11 is 1.36. The third kappa shape index (κ3) is 4.83. The summed E-state index contributed by atoms with van der Waals surface area (Å²) in [6, 6.07) is 0. The Morgan fingerprint density at radius 3 is 2.72 bits per heavy atom. The van der Waals surface area contributed by atoms with E-state index in [9.17, 15) is 9.59 Å². The van der Waals surface area contributed by atoms with Crippen molar-refractivity contribution in [2.24, 2.45) is 0 Å². The monoisotopic (exact) mass is 270 g/mol. The van der Waals surface area contributed by atoms with E-state index < -0.39 is 5.97 Å². The number of carboxylic acid groups (broad SMARTS) is 1. The van der Waals surface area contributed by atoms with Gasteiger partial charge in [0, 0.05) is 11.3 Å². The van der Waals surface area contributed by atoms with Crippen LogP contribution in [0, 0.1) is 6.92 Å². The van der Waals surface area contributed by atoms with Gasteiger partial charge in [0.2, 0.25) is 5.91 Å². The second kappa shape index (κ2) is 7.10. The summed E-state index contributed by atoms with van der Waals surface area (Å²) in [5.74, 6) is -0.855. The van der Waals surface area contributed by atoms with Crippen LogP contribution in [0.3, 0.4) is 0 Å². The van der Waals surface area contributed by atoms with Gasteiger partial charge in [0.05, 0.1) is 12.1 Å². The minimum Gasteiger partial charge on any atom is -0.481 e. The smallest absolute Gasteiger partial charge is 0.303 e. The largest absolute Gasteiger partial charge is 0.481 e. The van der Waals surface area contributed by atoms with E-state index in [1.54, 1.807) is 0 Å². The third-order valence-corrected chi connectivity index (χ3v) is 3.59. The number of aliphatic carboxylic acids is 1. The Bertz CT molecular complexity index is 429. The summed E-state index contributed by atoms with van der Waals surface area (Å²) in [6.07, 6.45) is 2.89. The molecule has 2 N–H and O–H groups in total. The lowest BCUT2D eigenvalue weighted by atomic mass is 10.2. The van der Waals surface area contributed by atoms with Crippen molar-refractivity contribution in [3.63, 3.8) is 0 Å². The number of anilines is 1. The van der Waals surface area contributed by atoms with E-state index in [0.717, 1.165) is 23.4 Å². The predicted molar refractivity (Wildman–Crippen MR) is 71.0 cm³/mol. The molecule has 0 fully saturated rings. The molecule has 0 aliphatic carbocycles. The minimum absolute atomic E-state index is 0.0321. The maximum Gasteiger partial charge on any atom is 0.303 e. The van der Waals surface area contributed by atoms with E-state index in [0.29, 0.717) is 18.0 Å². The number of carbonyl (C=O) groups excluding carboxylic acids is 1. The van der Waals surface area contributed by atoms with Crippen LogP contribution in [0.25, 0.3) is 0 Å². The zero-order chi connectivity index (χ0) is 13.5. The normalized spacial score (nSPS) is 10.3. The number of hydrogen-bond donors (Lipinski definition) is 2. The van der Waals surface area contributed by atoms with Gasteiger partial charge in [0.25, 0.3) is 0 Å². The van der Waals surface area contributed by atoms with Crippen molar-refractivity contribution < 1.29 is 14.7 Å². The molecule has 5 nitrogen and oxygen atoms in total. The summed E-state index contributed by atoms with van der Waals surface area (Å²) in [7, 11) is 0. The molecular formula is C12H18N2O3S. The fourth-order valence-corrected chi connectivity index (χ4v) is 2.43. The maximum atomic E-state index is 11.5. The molecule has 0 radical (unpaired) electrons. The fourth-order valence-electron chi connectivity index (χ4n) is 1.45. The Morgan fingerprint density at radius 2 is 2.11 bits per heavy atom. The van der Waals surface area contributed by atoms with Gasteiger partial charge in [-0.3, -0.25) is 9.59 Å². The van der Waals surface area contributed by atoms with Gasteiger partial charge >= 0.3 is 5.97 Å². The lowest BCUT2D eigenvalue weighted by molar-refractivity contribution is -0.136. The van der Waals surface area contributed by atoms with E-state index in [1.807, 2.05) is 13.8 Å². The molecule has 1 aromatic rings. The summed E-state index contributed by atoms with van der Waals surface area (Å²) in [6.45, 7) is 3.86. The molecule has 1 amide bonds. The highest BCUT2D eigenvalue weighted by Gasteiger charge is 2.11. The van der Waals surface area contributed by atoms with Gasteiger partial charge in [-0.15, -0.1) is 11.3 Å². The predicted octanol–water partition coefficient (Wildman–Crippen LogP) is 2.60. The van der Waals surface area contributed by atoms with Crippen molar-refractivity contribution >= 4 is 28.3 Å². The van der Waals surface area contributed by atoms with Gasteiger partial charge in [-0.05, 0) is 19.8 Å². The van der Waals surface area contributed by atoms with Crippen molar-refractivity contribution in [1.29, 1.82) is 0 Å². The van der Waals surface area contributed by atoms with Gasteiger partial charge < -0.3 is 10.4 Å². The summed E-state index contributed by atoms with van der Waals surface area (Å²) in [5.41, 5.74) is 0.798. The maximum absolute atomic E-state index is 11.5. The molecule has 0 aliphatic heterocycles. The molecule has 0 spiro atoms. The molecule has 18 heavy (non-hydrogen) atoms. The summed E-state index contributed by atoms with van der Waals surface area (Å²) in [4.78, 5) is 27.2. The van der Waals surface area contributed by atoms with Crippen molar-refractivity contribution in [2.45, 2.75) is 46.0 Å². The Balaban J connectivity index is 2.55. The van der Waals surface area contributed by atoms with Crippen LogP contribution in [0.15, 0.2) is 0 Å². The molecular weight excluding hydrogens is 252 g/mol. The average Bonchev–Trinajstić information content (AvgIpc) is 2.64. The van der Waals surface area contributed by atoms with E-state index in [2.05, 4.69) is 10.3 Å². The zero-order valence-electron chi connectivity index (χ0n) is 10.7. The van der Waals surface area contributed by atoms with Crippen molar-refractivity contribution in [2.75, 3.05) is 5.32 Å². The van der Waals surface area contributed by atoms with Crippen molar-refractivity contribution in [1.82, 2.24) is 4.98 Å². The van der Waals surface area contributed by atoms with Crippen LogP contribution in [0.5, 0.6) is 0 Å². The number of carboxylic acids is 1. The van der Waals surface area contributed by atoms with Crippen molar-refractivity contribution in [3.8, 4) is 0 Å². The number of carbonyl (C=O) groups is 2. The fraction of sp³-hybridized carbons (Fsp3) is 0.583. The highest BCUT2D eigenvalue weighted by Crippen LogP contribution is 2.24. The first-order valence-electron chi connectivity index (χ1n) is 6.01. The first-order valence-corrected chi connectivity index (χ1v) is 6.82. The Kier molecular flexibility index (Phi) is 5.77. The molecule has 1 rings (SSSR count). The molecule has 0 bridgehead atoms. The van der Waals surface area contributed by atoms with Gasteiger partial charge in [-0.1, -0.05) is 13.3 Å². The molecule has 1 aromatic heterocycles. The molecule has 0 saturated heterocycles. The van der Waals surface area contributed by atoms with E-state index >= 15 is 0 Å². The van der Waals surface area contributed by atoms with Gasteiger partial charge in [-0.2, -0.15) is 0 Å². The van der Waals surface area contributed by atoms with Crippen LogP contribution < -0.4 is 5.32 Å². The number of thiazole rings is 1. The number of hydrogen-bond acceptors (Lipinski definition) is 4. The molecule has 0 aliphatic rings. The molecule has 0 atom stereocenters. The van der Waals surface area contributed by atoms with E-state index in [1.165, 1.54) is 11.3 Å². The van der Waals surface area contributed by atoms with E-state index in [-0.39, 0.29) is 12.3 Å². The second-order valence-electron chi connectivity index (χ2n) is 4.07. The lowest BCUT2D eigenvalue weighted by Gasteiger charge is -1.99. The number of aryl methyl sites for hydroxylation is 2. The Labute approximate surface area is 110 Å². The first-order chi connectivity index (χ1) is 8.52. The SMILES string of the molecule is CCCCC(=O)Nc1nc(C)c(CCC(=O)O)s1. The highest BCUT2D eigenvalue weighted by molar-refractivity contribution is 7.15. The van der Waals surface area contributed by atoms with Crippen LogP contribution >= 0.6 is 11.3 Å². The molecule has 0 aromatic carbocycles. The highest BCUT2D eigenvalue weighted by atomic mass is 32.1. The molecule has 1 heterocycles. The van der Waals surface area contributed by atoms with Crippen LogP contribution in [-0.2, 0) is 16.0 Å². The number of unbranched alkanes of at least 4 members (excludes halogenated alkanes) is 1. The topological polar surface area (TPSA) is 79.3 Å². The number of aromatic nitrogens is 1. The minimum atomic E-state index is -0.823. The standard InChI is InChI=1S/C12H18N2O3S/c1-3-4-5-10(15)14-12-13-8(2)9(18-12)6-7-11(16)17/h3-7H2,1-2H3,(H,16,17)(H,13,14,15). The molecule has 0 saturated carbocycles. The first kappa shape index (κ1) is 14.6. The number of rotatable bonds is 7. The van der Waals surface area contributed by atoms with Gasteiger partial charge in [0.1, 0.15) is 0 Å². The van der Waals surface area contributed by atoms with Crippen LogP contribution in [-0.4, -0.2) is 22.0 Å². The van der Waals surface area contributed by atoms with E-state index in [4.69, 9.17) is 5.11 Å². The summed E-state index contributed by atoms with van der Waals surface area (Å²) < 4.78 is 0. The van der Waals surface area contributed by atoms with Crippen LogP contribution in [0.4, 0.5) is 5.13 Å². The zero-order valence-corrected chi connectivity index (χ0v) is 11.5. The molecule has 0 unspecified atom stereocenters. The number of nitrogens with zero attached hydrogens (tertiary/aromatic N) is 1. The van der Waals surface area contributed by atoms with Gasteiger partial charge in [-0.25, -0.2) is 4.98 Å².